The van der Waals surface area contributed by atoms with Crippen LogP contribution in [-0.2, 0) is 6.61 Å². The number of methoxy groups -OCH3 is 2. The fourth-order valence-corrected chi connectivity index (χ4v) is 3.20. The quantitative estimate of drug-likeness (QED) is 0.377. The van der Waals surface area contributed by atoms with Gasteiger partial charge in [0.2, 0.25) is 0 Å². The zero-order valence-electron chi connectivity index (χ0n) is 17.9. The number of carbonyl (C=O) groups excluding carboxylic acids is 1. The third-order valence-corrected chi connectivity index (χ3v) is 4.90. The Labute approximate surface area is 201 Å². The molecule has 0 atom stereocenters. The summed E-state index contributed by atoms with van der Waals surface area (Å²) in [4.78, 5) is 12.3. The SMILES string of the molecule is COc1cc(/C=N/NC(=O)c2ccccc2OC)ccc1OCc1ccc(Cl)cc1Cl.O.O. The molecule has 3 aromatic rings. The van der Waals surface area contributed by atoms with Crippen molar-refractivity contribution in [2.24, 2.45) is 5.10 Å². The van der Waals surface area contributed by atoms with E-state index in [1.807, 2.05) is 6.07 Å². The number of ether oxygens (including phenoxy) is 3. The van der Waals surface area contributed by atoms with Gasteiger partial charge in [0.25, 0.3) is 5.91 Å². The van der Waals surface area contributed by atoms with E-state index < -0.39 is 0 Å². The van der Waals surface area contributed by atoms with Gasteiger partial charge < -0.3 is 25.2 Å². The van der Waals surface area contributed by atoms with Crippen molar-refractivity contribution in [1.29, 1.82) is 0 Å². The van der Waals surface area contributed by atoms with Gasteiger partial charge in [-0.2, -0.15) is 5.10 Å². The first-order valence-electron chi connectivity index (χ1n) is 9.23. The molecule has 0 aliphatic heterocycles. The monoisotopic (exact) mass is 494 g/mol. The Balaban J connectivity index is 0.00000272. The number of rotatable bonds is 8. The number of hydrazone groups is 1. The zero-order valence-corrected chi connectivity index (χ0v) is 19.4. The first kappa shape index (κ1) is 27.7. The van der Waals surface area contributed by atoms with Gasteiger partial charge in [0, 0.05) is 15.6 Å². The lowest BCUT2D eigenvalue weighted by atomic mass is 10.2. The maximum absolute atomic E-state index is 12.3. The smallest absolute Gasteiger partial charge is 0.275 e. The zero-order chi connectivity index (χ0) is 22.2. The van der Waals surface area contributed by atoms with Crippen molar-refractivity contribution in [3.05, 3.63) is 87.4 Å². The summed E-state index contributed by atoms with van der Waals surface area (Å²) in [6.45, 7) is 0.259. The summed E-state index contributed by atoms with van der Waals surface area (Å²) >= 11 is 12.1. The summed E-state index contributed by atoms with van der Waals surface area (Å²) in [6, 6.07) is 17.4. The van der Waals surface area contributed by atoms with E-state index in [-0.39, 0.29) is 23.5 Å². The molecule has 3 rings (SSSR count). The average Bonchev–Trinajstić information content (AvgIpc) is 2.78. The number of para-hydroxylation sites is 1. The van der Waals surface area contributed by atoms with E-state index in [0.717, 1.165) is 5.56 Å². The maximum Gasteiger partial charge on any atom is 0.275 e. The van der Waals surface area contributed by atoms with Gasteiger partial charge in [-0.15, -0.1) is 0 Å². The normalized spacial score (nSPS) is 10.1. The lowest BCUT2D eigenvalue weighted by molar-refractivity contribution is 0.0952. The molecule has 10 heteroatoms. The van der Waals surface area contributed by atoms with E-state index in [1.165, 1.54) is 13.3 Å². The van der Waals surface area contributed by atoms with Crippen LogP contribution in [0, 0.1) is 0 Å². The Morgan fingerprint density at radius 2 is 1.67 bits per heavy atom. The number of hydrogen-bond donors (Lipinski definition) is 1. The molecule has 176 valence electrons. The molecule has 0 fully saturated rings. The number of nitrogens with zero attached hydrogens (tertiary/aromatic N) is 1. The Morgan fingerprint density at radius 1 is 0.939 bits per heavy atom. The average molecular weight is 495 g/mol. The van der Waals surface area contributed by atoms with Crippen molar-refractivity contribution in [2.75, 3.05) is 14.2 Å². The van der Waals surface area contributed by atoms with Crippen LogP contribution in [0.2, 0.25) is 10.0 Å². The Kier molecular flexibility index (Phi) is 11.2. The number of halogens is 2. The minimum atomic E-state index is -0.375. The molecule has 0 radical (unpaired) electrons. The molecular weight excluding hydrogens is 471 g/mol. The van der Waals surface area contributed by atoms with Gasteiger partial charge in [-0.1, -0.05) is 41.4 Å². The summed E-state index contributed by atoms with van der Waals surface area (Å²) in [5.41, 5.74) is 4.40. The number of hydrogen-bond acceptors (Lipinski definition) is 5. The second-order valence-corrected chi connectivity index (χ2v) is 7.18. The van der Waals surface area contributed by atoms with E-state index >= 15 is 0 Å². The van der Waals surface area contributed by atoms with Gasteiger partial charge in [-0.05, 0) is 48.0 Å². The fraction of sp³-hybridized carbons (Fsp3) is 0.130. The Hall–Kier alpha value is -3.30. The van der Waals surface area contributed by atoms with Crippen LogP contribution in [0.4, 0.5) is 0 Å². The molecule has 33 heavy (non-hydrogen) atoms. The van der Waals surface area contributed by atoms with Crippen LogP contribution in [0.3, 0.4) is 0 Å². The molecule has 0 aliphatic rings. The first-order valence-corrected chi connectivity index (χ1v) is 9.98. The highest BCUT2D eigenvalue weighted by Gasteiger charge is 2.11. The van der Waals surface area contributed by atoms with Gasteiger partial charge in [-0.3, -0.25) is 4.79 Å². The largest absolute Gasteiger partial charge is 0.496 e. The highest BCUT2D eigenvalue weighted by molar-refractivity contribution is 6.35. The van der Waals surface area contributed by atoms with E-state index in [2.05, 4.69) is 10.5 Å². The molecule has 0 unspecified atom stereocenters. The lowest BCUT2D eigenvalue weighted by Gasteiger charge is -2.12. The Bertz CT molecular complexity index is 1110. The van der Waals surface area contributed by atoms with Crippen LogP contribution in [-0.4, -0.2) is 37.3 Å². The molecule has 8 nitrogen and oxygen atoms in total. The van der Waals surface area contributed by atoms with Crippen LogP contribution in [0.5, 0.6) is 17.2 Å². The van der Waals surface area contributed by atoms with Gasteiger partial charge in [0.1, 0.15) is 12.4 Å². The van der Waals surface area contributed by atoms with E-state index in [1.54, 1.807) is 61.7 Å². The van der Waals surface area contributed by atoms with Crippen molar-refractivity contribution in [3.8, 4) is 17.2 Å². The van der Waals surface area contributed by atoms with Gasteiger partial charge in [-0.25, -0.2) is 5.43 Å². The first-order chi connectivity index (χ1) is 15.0. The molecule has 0 saturated heterocycles. The molecular formula is C23H24Cl2N2O6. The fourth-order valence-electron chi connectivity index (χ4n) is 2.74. The van der Waals surface area contributed by atoms with Crippen LogP contribution in [0.15, 0.2) is 65.8 Å². The third-order valence-electron chi connectivity index (χ3n) is 4.32. The number of nitrogens with one attached hydrogen (secondary N) is 1. The summed E-state index contributed by atoms with van der Waals surface area (Å²) < 4.78 is 16.4. The summed E-state index contributed by atoms with van der Waals surface area (Å²) in [6.07, 6.45) is 1.51. The molecule has 5 N–H and O–H groups in total. The Morgan fingerprint density at radius 3 is 2.36 bits per heavy atom. The van der Waals surface area contributed by atoms with E-state index in [4.69, 9.17) is 37.4 Å². The van der Waals surface area contributed by atoms with Crippen molar-refractivity contribution in [2.45, 2.75) is 6.61 Å². The predicted molar refractivity (Wildman–Crippen MR) is 129 cm³/mol. The van der Waals surface area contributed by atoms with Crippen molar-refractivity contribution in [3.63, 3.8) is 0 Å². The molecule has 0 spiro atoms. The molecule has 0 aromatic heterocycles. The highest BCUT2D eigenvalue weighted by Crippen LogP contribution is 2.30. The minimum absolute atomic E-state index is 0. The second-order valence-electron chi connectivity index (χ2n) is 6.33. The van der Waals surface area contributed by atoms with Crippen molar-refractivity contribution < 1.29 is 30.0 Å². The van der Waals surface area contributed by atoms with E-state index in [9.17, 15) is 4.79 Å². The minimum Gasteiger partial charge on any atom is -0.496 e. The van der Waals surface area contributed by atoms with Crippen LogP contribution < -0.4 is 19.6 Å². The molecule has 0 aliphatic carbocycles. The predicted octanol–water partition coefficient (Wildman–Crippen LogP) is 3.70. The number of benzene rings is 3. The molecule has 0 saturated carbocycles. The molecule has 0 heterocycles. The summed E-state index contributed by atoms with van der Waals surface area (Å²) in [7, 11) is 3.05. The maximum atomic E-state index is 12.3. The van der Waals surface area contributed by atoms with Gasteiger partial charge in [0.15, 0.2) is 11.5 Å². The lowest BCUT2D eigenvalue weighted by Crippen LogP contribution is -2.18. The number of amides is 1. The van der Waals surface area contributed by atoms with Crippen LogP contribution in [0.25, 0.3) is 0 Å². The topological polar surface area (TPSA) is 132 Å². The van der Waals surface area contributed by atoms with Crippen molar-refractivity contribution >= 4 is 35.3 Å². The summed E-state index contributed by atoms with van der Waals surface area (Å²) in [5.74, 6) is 1.16. The van der Waals surface area contributed by atoms with Crippen LogP contribution in [0.1, 0.15) is 21.5 Å². The van der Waals surface area contributed by atoms with Crippen LogP contribution >= 0.6 is 23.2 Å². The van der Waals surface area contributed by atoms with Gasteiger partial charge >= 0.3 is 0 Å². The second kappa shape index (κ2) is 13.3. The molecule has 1 amide bonds. The highest BCUT2D eigenvalue weighted by atomic mass is 35.5. The molecule has 3 aromatic carbocycles. The summed E-state index contributed by atoms with van der Waals surface area (Å²) in [5, 5.41) is 5.10. The third kappa shape index (κ3) is 7.37. The van der Waals surface area contributed by atoms with Gasteiger partial charge in [0.05, 0.1) is 26.0 Å². The number of carbonyl (C=O) groups is 1. The van der Waals surface area contributed by atoms with Crippen molar-refractivity contribution in [1.82, 2.24) is 5.43 Å². The molecule has 0 bridgehead atoms. The van der Waals surface area contributed by atoms with E-state index in [0.29, 0.717) is 38.4 Å². The standard InChI is InChI=1S/C23H20Cl2N2O4.2H2O/c1-29-20-6-4-3-5-18(20)23(28)27-26-13-15-7-10-21(22(11-15)30-2)31-14-16-8-9-17(24)12-19(16)25;;/h3-13H,14H2,1-2H3,(H,27,28);2*1H2/b26-13+;;.